The molecule has 2 aromatic carbocycles. The first kappa shape index (κ1) is 17.2. The maximum atomic E-state index is 12.2. The predicted octanol–water partition coefficient (Wildman–Crippen LogP) is 1.74. The maximum Gasteiger partial charge on any atom is 0.263 e. The van der Waals surface area contributed by atoms with Gasteiger partial charge in [-0.3, -0.25) is 14.5 Å². The van der Waals surface area contributed by atoms with Crippen LogP contribution in [0.1, 0.15) is 23.6 Å². The predicted molar refractivity (Wildman–Crippen MR) is 95.8 cm³/mol. The fourth-order valence-corrected chi connectivity index (χ4v) is 3.76. The van der Waals surface area contributed by atoms with Crippen LogP contribution < -0.4 is 10.0 Å². The zero-order chi connectivity index (χ0) is 18.0. The van der Waals surface area contributed by atoms with Crippen molar-refractivity contribution in [2.45, 2.75) is 31.3 Å². The second-order valence-electron chi connectivity index (χ2n) is 5.96. The van der Waals surface area contributed by atoms with E-state index >= 15 is 0 Å². The van der Waals surface area contributed by atoms with Crippen LogP contribution in [0.3, 0.4) is 0 Å². The van der Waals surface area contributed by atoms with E-state index in [9.17, 15) is 13.2 Å². The van der Waals surface area contributed by atoms with Gasteiger partial charge < -0.3 is 5.32 Å². The second kappa shape index (κ2) is 6.68. The average molecular weight is 357 g/mol. The first-order valence-electron chi connectivity index (χ1n) is 7.90. The van der Waals surface area contributed by atoms with E-state index in [0.29, 0.717) is 12.1 Å². The molecule has 2 aromatic rings. The van der Waals surface area contributed by atoms with E-state index in [0.717, 1.165) is 11.1 Å². The van der Waals surface area contributed by atoms with Crippen molar-refractivity contribution in [3.05, 3.63) is 65.2 Å². The van der Waals surface area contributed by atoms with Crippen LogP contribution in [0.5, 0.6) is 0 Å². The summed E-state index contributed by atoms with van der Waals surface area (Å²) in [4.78, 5) is 16.7. The Morgan fingerprint density at radius 2 is 1.84 bits per heavy atom. The van der Waals surface area contributed by atoms with Crippen LogP contribution in [-0.2, 0) is 21.4 Å². The molecule has 0 bridgehead atoms. The second-order valence-corrected chi connectivity index (χ2v) is 7.61. The smallest absolute Gasteiger partial charge is 0.263 e. The van der Waals surface area contributed by atoms with E-state index < -0.39 is 16.1 Å². The van der Waals surface area contributed by atoms with Gasteiger partial charge in [0.2, 0.25) is 5.91 Å². The van der Waals surface area contributed by atoms with Crippen LogP contribution in [0.2, 0.25) is 0 Å². The lowest BCUT2D eigenvalue weighted by Crippen LogP contribution is -2.33. The van der Waals surface area contributed by atoms with Crippen LogP contribution in [0, 0.1) is 6.92 Å². The summed E-state index contributed by atoms with van der Waals surface area (Å²) in [6.45, 7) is 4.03. The zero-order valence-electron chi connectivity index (χ0n) is 14.0. The van der Waals surface area contributed by atoms with Gasteiger partial charge in [-0.15, -0.1) is 0 Å². The van der Waals surface area contributed by atoms with E-state index in [2.05, 4.69) is 15.0 Å². The van der Waals surface area contributed by atoms with Crippen LogP contribution in [0.4, 0.5) is 0 Å². The summed E-state index contributed by atoms with van der Waals surface area (Å²) in [6.07, 6.45) is 0. The van der Waals surface area contributed by atoms with E-state index in [1.54, 1.807) is 25.1 Å². The molecule has 130 valence electrons. The summed E-state index contributed by atoms with van der Waals surface area (Å²) in [5.41, 5.74) is 2.63. The number of amides is 1. The van der Waals surface area contributed by atoms with Crippen LogP contribution in [-0.4, -0.2) is 26.2 Å². The molecule has 1 amide bonds. The molecule has 1 heterocycles. The number of rotatable bonds is 4. The molecule has 0 unspecified atom stereocenters. The van der Waals surface area contributed by atoms with Gasteiger partial charge in [-0.1, -0.05) is 42.0 Å². The quantitative estimate of drug-likeness (QED) is 0.874. The molecule has 7 heteroatoms. The number of carbonyl (C=O) groups excluding carboxylic acids is 1. The molecule has 1 atom stereocenters. The van der Waals surface area contributed by atoms with Gasteiger partial charge in [-0.05, 0) is 31.5 Å². The van der Waals surface area contributed by atoms with E-state index in [-0.39, 0.29) is 16.6 Å². The Hall–Kier alpha value is -2.67. The number of aliphatic imine (C=N–C) groups is 1. The number of carbonyl (C=O) groups is 1. The van der Waals surface area contributed by atoms with Gasteiger partial charge >= 0.3 is 0 Å². The lowest BCUT2D eigenvalue weighted by molar-refractivity contribution is -0.122. The van der Waals surface area contributed by atoms with Crippen molar-refractivity contribution >= 4 is 21.8 Å². The highest BCUT2D eigenvalue weighted by Gasteiger charge is 2.31. The molecule has 6 nitrogen and oxygen atoms in total. The molecule has 0 aromatic heterocycles. The first-order valence-corrected chi connectivity index (χ1v) is 9.38. The number of hydrogen-bond acceptors (Lipinski definition) is 4. The lowest BCUT2D eigenvalue weighted by atomic mass is 10.1. The largest absolute Gasteiger partial charge is 0.350 e. The van der Waals surface area contributed by atoms with E-state index in [4.69, 9.17) is 0 Å². The fourth-order valence-electron chi connectivity index (χ4n) is 2.52. The van der Waals surface area contributed by atoms with Crippen LogP contribution >= 0.6 is 0 Å². The van der Waals surface area contributed by atoms with Crippen molar-refractivity contribution < 1.29 is 13.2 Å². The average Bonchev–Trinajstić information content (AvgIpc) is 2.85. The number of sulfonamides is 1. The summed E-state index contributed by atoms with van der Waals surface area (Å²) in [6, 6.07) is 13.7. The summed E-state index contributed by atoms with van der Waals surface area (Å²) in [5, 5.41) is 2.81. The third-order valence-corrected chi connectivity index (χ3v) is 5.35. The number of hydrogen-bond donors (Lipinski definition) is 2. The van der Waals surface area contributed by atoms with Crippen molar-refractivity contribution in [1.82, 2.24) is 10.0 Å². The number of benzene rings is 2. The third kappa shape index (κ3) is 3.71. The van der Waals surface area contributed by atoms with Gasteiger partial charge in [0, 0.05) is 12.1 Å². The highest BCUT2D eigenvalue weighted by molar-refractivity contribution is 7.90. The first-order chi connectivity index (χ1) is 11.9. The molecule has 1 aliphatic heterocycles. The molecule has 3 rings (SSSR count). The number of nitrogens with one attached hydrogen (secondary N) is 2. The molecule has 0 saturated carbocycles. The monoisotopic (exact) mass is 357 g/mol. The highest BCUT2D eigenvalue weighted by atomic mass is 32.2. The number of amidine groups is 1. The normalized spacial score (nSPS) is 17.6. The zero-order valence-corrected chi connectivity index (χ0v) is 14.8. The topological polar surface area (TPSA) is 87.6 Å². The molecule has 2 N–H and O–H groups in total. The Labute approximate surface area is 147 Å². The molecule has 0 spiro atoms. The molecular formula is C18H19N3O3S. The Morgan fingerprint density at radius 1 is 1.16 bits per heavy atom. The van der Waals surface area contributed by atoms with Crippen molar-refractivity contribution in [1.29, 1.82) is 0 Å². The minimum atomic E-state index is -3.60. The van der Waals surface area contributed by atoms with Gasteiger partial charge in [0.1, 0.15) is 11.9 Å². The van der Waals surface area contributed by atoms with E-state index in [1.165, 1.54) is 6.07 Å². The molecule has 0 aliphatic carbocycles. The van der Waals surface area contributed by atoms with Crippen LogP contribution in [0.15, 0.2) is 58.4 Å². The van der Waals surface area contributed by atoms with Crippen molar-refractivity contribution in [2.24, 2.45) is 4.99 Å². The summed E-state index contributed by atoms with van der Waals surface area (Å²) in [7, 11) is -3.60. The maximum absolute atomic E-state index is 12.2. The van der Waals surface area contributed by atoms with Gasteiger partial charge in [0.25, 0.3) is 10.0 Å². The SMILES string of the molecule is Cc1ccc(CNC(=O)[C@H](C)N=C2NS(=O)(=O)c3ccccc32)cc1. The molecular weight excluding hydrogens is 338 g/mol. The van der Waals surface area contributed by atoms with Crippen molar-refractivity contribution in [3.63, 3.8) is 0 Å². The standard InChI is InChI=1S/C18H19N3O3S/c1-12-7-9-14(10-8-12)11-19-18(22)13(2)20-17-15-5-3-4-6-16(15)25(23,24)21-17/h3-10,13H,11H2,1-2H3,(H,19,22)(H,20,21)/t13-/m0/s1. The van der Waals surface area contributed by atoms with Gasteiger partial charge in [0.15, 0.2) is 0 Å². The third-order valence-electron chi connectivity index (χ3n) is 3.95. The lowest BCUT2D eigenvalue weighted by Gasteiger charge is -2.10. The molecule has 0 fully saturated rings. The Bertz CT molecular complexity index is 934. The minimum Gasteiger partial charge on any atom is -0.350 e. The molecule has 25 heavy (non-hydrogen) atoms. The minimum absolute atomic E-state index is 0.181. The highest BCUT2D eigenvalue weighted by Crippen LogP contribution is 2.22. The number of fused-ring (bicyclic) bond motifs is 1. The van der Waals surface area contributed by atoms with Crippen LogP contribution in [0.25, 0.3) is 0 Å². The summed E-state index contributed by atoms with van der Waals surface area (Å²) >= 11 is 0. The summed E-state index contributed by atoms with van der Waals surface area (Å²) in [5.74, 6) is -0.0646. The number of aryl methyl sites for hydroxylation is 1. The fraction of sp³-hybridized carbons (Fsp3) is 0.222. The molecule has 0 radical (unpaired) electrons. The Kier molecular flexibility index (Phi) is 4.59. The number of nitrogens with zero attached hydrogens (tertiary/aromatic N) is 1. The van der Waals surface area contributed by atoms with Gasteiger partial charge in [-0.2, -0.15) is 0 Å². The van der Waals surface area contributed by atoms with Crippen molar-refractivity contribution in [3.8, 4) is 0 Å². The molecule has 0 saturated heterocycles. The van der Waals surface area contributed by atoms with Crippen molar-refractivity contribution in [2.75, 3.05) is 0 Å². The van der Waals surface area contributed by atoms with Gasteiger partial charge in [0.05, 0.1) is 4.90 Å². The van der Waals surface area contributed by atoms with E-state index in [1.807, 2.05) is 31.2 Å². The Balaban J connectivity index is 1.71. The molecule has 1 aliphatic rings. The summed E-state index contributed by atoms with van der Waals surface area (Å²) < 4.78 is 26.5. The Morgan fingerprint density at radius 3 is 2.56 bits per heavy atom. The van der Waals surface area contributed by atoms with Gasteiger partial charge in [-0.25, -0.2) is 8.42 Å².